The first-order chi connectivity index (χ1) is 13.0. The van der Waals surface area contributed by atoms with Crippen LogP contribution in [0, 0.1) is 0 Å². The van der Waals surface area contributed by atoms with E-state index in [0.717, 1.165) is 0 Å². The molecule has 2 heterocycles. The number of sulfonamides is 1. The Labute approximate surface area is 155 Å². The number of hydrogen-bond donors (Lipinski definition) is 1. The average molecular weight is 388 g/mol. The monoisotopic (exact) mass is 388 g/mol. The van der Waals surface area contributed by atoms with Crippen LogP contribution in [0.4, 0.5) is 0 Å². The lowest BCUT2D eigenvalue weighted by molar-refractivity contribution is 0.0429. The number of ether oxygens (including phenoxy) is 1. The minimum atomic E-state index is -3.57. The van der Waals surface area contributed by atoms with Gasteiger partial charge >= 0.3 is 5.97 Å². The van der Waals surface area contributed by atoms with Crippen LogP contribution < -0.4 is 4.72 Å². The molecule has 0 aliphatic carbocycles. The lowest BCUT2D eigenvalue weighted by Gasteiger charge is -2.06. The van der Waals surface area contributed by atoms with E-state index in [1.165, 1.54) is 24.3 Å². The Kier molecular flexibility index (Phi) is 5.57. The van der Waals surface area contributed by atoms with Crippen molar-refractivity contribution in [1.29, 1.82) is 0 Å². The van der Waals surface area contributed by atoms with Gasteiger partial charge in [-0.3, -0.25) is 4.98 Å². The third kappa shape index (κ3) is 4.54. The Morgan fingerprint density at radius 1 is 1.22 bits per heavy atom. The summed E-state index contributed by atoms with van der Waals surface area (Å²) in [6.07, 6.45) is 3.21. The largest absolute Gasteiger partial charge is 0.452 e. The van der Waals surface area contributed by atoms with E-state index >= 15 is 0 Å². The molecule has 0 bridgehead atoms. The van der Waals surface area contributed by atoms with Gasteiger partial charge in [0.2, 0.25) is 15.8 Å². The zero-order valence-electron chi connectivity index (χ0n) is 14.3. The summed E-state index contributed by atoms with van der Waals surface area (Å²) < 4.78 is 36.3. The fourth-order valence-corrected chi connectivity index (χ4v) is 3.22. The molecule has 0 unspecified atom stereocenters. The van der Waals surface area contributed by atoms with Gasteiger partial charge in [-0.15, -0.1) is 0 Å². The molecule has 0 spiro atoms. The lowest BCUT2D eigenvalue weighted by atomic mass is 10.2. The zero-order chi connectivity index (χ0) is 19.3. The summed E-state index contributed by atoms with van der Waals surface area (Å²) in [5, 5.41) is 3.80. The van der Waals surface area contributed by atoms with Crippen molar-refractivity contribution in [3.05, 3.63) is 60.2 Å². The molecule has 0 fully saturated rings. The summed E-state index contributed by atoms with van der Waals surface area (Å²) in [5.41, 5.74) is 0.883. The quantitative estimate of drug-likeness (QED) is 0.608. The van der Waals surface area contributed by atoms with Gasteiger partial charge in [-0.2, -0.15) is 4.98 Å². The van der Waals surface area contributed by atoms with Gasteiger partial charge in [0.25, 0.3) is 5.89 Å². The van der Waals surface area contributed by atoms with Crippen molar-refractivity contribution in [3.63, 3.8) is 0 Å². The molecular weight excluding hydrogens is 372 g/mol. The Bertz CT molecular complexity index is 1020. The van der Waals surface area contributed by atoms with Crippen molar-refractivity contribution in [2.75, 3.05) is 6.54 Å². The maximum Gasteiger partial charge on any atom is 0.338 e. The van der Waals surface area contributed by atoms with Gasteiger partial charge in [0.05, 0.1) is 10.5 Å². The van der Waals surface area contributed by atoms with Crippen LogP contribution in [-0.2, 0) is 21.4 Å². The predicted octanol–water partition coefficient (Wildman–Crippen LogP) is 1.79. The third-order valence-electron chi connectivity index (χ3n) is 3.45. The highest BCUT2D eigenvalue weighted by Gasteiger charge is 2.15. The number of nitrogens with one attached hydrogen (secondary N) is 1. The van der Waals surface area contributed by atoms with E-state index < -0.39 is 16.0 Å². The van der Waals surface area contributed by atoms with E-state index in [4.69, 9.17) is 9.26 Å². The Hall–Kier alpha value is -3.11. The fraction of sp³-hybridized carbons (Fsp3) is 0.176. The highest BCUT2D eigenvalue weighted by Crippen LogP contribution is 2.15. The Morgan fingerprint density at radius 3 is 2.67 bits per heavy atom. The topological polar surface area (TPSA) is 124 Å². The lowest BCUT2D eigenvalue weighted by Crippen LogP contribution is -2.23. The standard InChI is InChI=1S/C17H16N4O5S/c1-2-19-27(23,24)14-7-5-12(6-8-14)17(22)25-11-15-20-16(21-26-15)13-4-3-9-18-10-13/h3-10,19H,2,11H2,1H3. The van der Waals surface area contributed by atoms with Crippen LogP contribution in [0.2, 0.25) is 0 Å². The molecule has 0 aliphatic heterocycles. The van der Waals surface area contributed by atoms with Gasteiger partial charge in [-0.1, -0.05) is 12.1 Å². The van der Waals surface area contributed by atoms with Gasteiger partial charge in [-0.05, 0) is 36.4 Å². The molecule has 1 aromatic carbocycles. The van der Waals surface area contributed by atoms with E-state index in [1.807, 2.05) is 0 Å². The molecule has 0 atom stereocenters. The van der Waals surface area contributed by atoms with Crippen LogP contribution in [0.5, 0.6) is 0 Å². The molecule has 27 heavy (non-hydrogen) atoms. The average Bonchev–Trinajstić information content (AvgIpc) is 3.16. The van der Waals surface area contributed by atoms with Crippen molar-refractivity contribution in [2.24, 2.45) is 0 Å². The van der Waals surface area contributed by atoms with Crippen molar-refractivity contribution in [3.8, 4) is 11.4 Å². The maximum atomic E-state index is 12.1. The molecule has 0 saturated heterocycles. The predicted molar refractivity (Wildman–Crippen MR) is 94.0 cm³/mol. The number of carbonyl (C=O) groups is 1. The number of rotatable bonds is 7. The van der Waals surface area contributed by atoms with Crippen molar-refractivity contribution in [2.45, 2.75) is 18.4 Å². The van der Waals surface area contributed by atoms with E-state index in [1.54, 1.807) is 31.5 Å². The molecule has 2 aromatic heterocycles. The fourth-order valence-electron chi connectivity index (χ4n) is 2.18. The number of esters is 1. The highest BCUT2D eigenvalue weighted by atomic mass is 32.2. The van der Waals surface area contributed by atoms with Crippen LogP contribution in [-0.4, -0.2) is 36.1 Å². The first-order valence-electron chi connectivity index (χ1n) is 7.99. The number of hydrogen-bond acceptors (Lipinski definition) is 8. The molecule has 0 radical (unpaired) electrons. The molecule has 3 rings (SSSR count). The molecule has 0 amide bonds. The van der Waals surface area contributed by atoms with Crippen LogP contribution in [0.15, 0.2) is 58.2 Å². The molecule has 0 aliphatic rings. The number of aromatic nitrogens is 3. The molecular formula is C17H16N4O5S. The van der Waals surface area contributed by atoms with Gasteiger partial charge < -0.3 is 9.26 Å². The SMILES string of the molecule is CCNS(=O)(=O)c1ccc(C(=O)OCc2nc(-c3cccnc3)no2)cc1. The maximum absolute atomic E-state index is 12.1. The third-order valence-corrected chi connectivity index (χ3v) is 5.01. The summed E-state index contributed by atoms with van der Waals surface area (Å²) in [6.45, 7) is 1.75. The van der Waals surface area contributed by atoms with Gasteiger partial charge in [-0.25, -0.2) is 17.9 Å². The van der Waals surface area contributed by atoms with E-state index in [2.05, 4.69) is 19.8 Å². The van der Waals surface area contributed by atoms with Crippen LogP contribution in [0.1, 0.15) is 23.2 Å². The summed E-state index contributed by atoms with van der Waals surface area (Å²) in [5.74, 6) is -0.163. The molecule has 140 valence electrons. The van der Waals surface area contributed by atoms with E-state index in [9.17, 15) is 13.2 Å². The number of nitrogens with zero attached hydrogens (tertiary/aromatic N) is 3. The summed E-state index contributed by atoms with van der Waals surface area (Å²) in [6, 6.07) is 8.94. The van der Waals surface area contributed by atoms with Gasteiger partial charge in [0.15, 0.2) is 6.61 Å². The number of carbonyl (C=O) groups excluding carboxylic acids is 1. The van der Waals surface area contributed by atoms with Crippen LogP contribution in [0.25, 0.3) is 11.4 Å². The second-order valence-corrected chi connectivity index (χ2v) is 7.12. The summed E-state index contributed by atoms with van der Waals surface area (Å²) in [4.78, 5) is 20.3. The van der Waals surface area contributed by atoms with Crippen molar-refractivity contribution >= 4 is 16.0 Å². The van der Waals surface area contributed by atoms with Crippen molar-refractivity contribution < 1.29 is 22.5 Å². The number of pyridine rings is 1. The molecule has 9 nitrogen and oxygen atoms in total. The highest BCUT2D eigenvalue weighted by molar-refractivity contribution is 7.89. The Balaban J connectivity index is 1.62. The molecule has 0 saturated carbocycles. The Morgan fingerprint density at radius 2 is 2.00 bits per heavy atom. The molecule has 1 N–H and O–H groups in total. The smallest absolute Gasteiger partial charge is 0.338 e. The molecule has 3 aromatic rings. The minimum Gasteiger partial charge on any atom is -0.452 e. The summed E-state index contributed by atoms with van der Waals surface area (Å²) in [7, 11) is -3.57. The second kappa shape index (κ2) is 8.06. The van der Waals surface area contributed by atoms with Gasteiger partial charge in [0.1, 0.15) is 0 Å². The van der Waals surface area contributed by atoms with Crippen molar-refractivity contribution in [1.82, 2.24) is 19.8 Å². The summed E-state index contributed by atoms with van der Waals surface area (Å²) >= 11 is 0. The first-order valence-corrected chi connectivity index (χ1v) is 9.48. The second-order valence-electron chi connectivity index (χ2n) is 5.36. The van der Waals surface area contributed by atoms with E-state index in [0.29, 0.717) is 11.4 Å². The number of benzene rings is 1. The minimum absolute atomic E-state index is 0.0684. The zero-order valence-corrected chi connectivity index (χ0v) is 15.1. The van der Waals surface area contributed by atoms with E-state index in [-0.39, 0.29) is 29.5 Å². The van der Waals surface area contributed by atoms with Gasteiger partial charge in [0, 0.05) is 24.5 Å². The molecule has 10 heteroatoms. The van der Waals surface area contributed by atoms with Crippen LogP contribution >= 0.6 is 0 Å². The van der Waals surface area contributed by atoms with Crippen LogP contribution in [0.3, 0.4) is 0 Å². The first kappa shape index (κ1) is 18.7. The normalized spacial score (nSPS) is 11.3.